The SMILES string of the molecule is COCC1CCCCN1C(=O)c1cc(COc2cccc(C(F)(F)F)c2)[nH]n1. The van der Waals surface area contributed by atoms with Crippen molar-refractivity contribution < 1.29 is 27.4 Å². The highest BCUT2D eigenvalue weighted by Crippen LogP contribution is 2.31. The number of aromatic amines is 1. The van der Waals surface area contributed by atoms with E-state index in [-0.39, 0.29) is 30.0 Å². The summed E-state index contributed by atoms with van der Waals surface area (Å²) in [6.07, 6.45) is -1.56. The highest BCUT2D eigenvalue weighted by atomic mass is 19.4. The first kappa shape index (κ1) is 20.2. The maximum atomic E-state index is 12.8. The Morgan fingerprint density at radius 1 is 1.32 bits per heavy atom. The number of alkyl halides is 3. The molecule has 1 aliphatic rings. The zero-order chi connectivity index (χ0) is 20.1. The number of hydrogen-bond donors (Lipinski definition) is 1. The third-order valence-electron chi connectivity index (χ3n) is 4.65. The molecule has 0 saturated carbocycles. The summed E-state index contributed by atoms with van der Waals surface area (Å²) in [4.78, 5) is 14.5. The van der Waals surface area contributed by atoms with Gasteiger partial charge in [0.05, 0.1) is 23.9 Å². The van der Waals surface area contributed by atoms with Crippen molar-refractivity contribution in [1.82, 2.24) is 15.1 Å². The molecule has 0 bridgehead atoms. The number of nitrogens with one attached hydrogen (secondary N) is 1. The number of nitrogens with zero attached hydrogens (tertiary/aromatic N) is 2. The zero-order valence-corrected chi connectivity index (χ0v) is 15.5. The Morgan fingerprint density at radius 2 is 2.14 bits per heavy atom. The third kappa shape index (κ3) is 4.83. The van der Waals surface area contributed by atoms with E-state index in [1.807, 2.05) is 0 Å². The summed E-state index contributed by atoms with van der Waals surface area (Å²) < 4.78 is 48.9. The molecule has 1 aliphatic heterocycles. The van der Waals surface area contributed by atoms with E-state index in [4.69, 9.17) is 9.47 Å². The number of carbonyl (C=O) groups excluding carboxylic acids is 1. The Bertz CT molecular complexity index is 805. The molecule has 1 unspecified atom stereocenters. The highest BCUT2D eigenvalue weighted by molar-refractivity contribution is 5.92. The molecule has 1 fully saturated rings. The van der Waals surface area contributed by atoms with Gasteiger partial charge in [-0.2, -0.15) is 18.3 Å². The van der Waals surface area contributed by atoms with E-state index in [2.05, 4.69) is 10.2 Å². The predicted octanol–water partition coefficient (Wildman–Crippen LogP) is 3.65. The van der Waals surface area contributed by atoms with Crippen molar-refractivity contribution in [1.29, 1.82) is 0 Å². The Labute approximate surface area is 160 Å². The molecule has 28 heavy (non-hydrogen) atoms. The minimum Gasteiger partial charge on any atom is -0.487 e. The van der Waals surface area contributed by atoms with E-state index in [9.17, 15) is 18.0 Å². The number of piperidine rings is 1. The second-order valence-electron chi connectivity index (χ2n) is 6.70. The van der Waals surface area contributed by atoms with Crippen LogP contribution in [0.25, 0.3) is 0 Å². The van der Waals surface area contributed by atoms with Crippen molar-refractivity contribution in [3.8, 4) is 5.75 Å². The van der Waals surface area contributed by atoms with Gasteiger partial charge < -0.3 is 14.4 Å². The lowest BCUT2D eigenvalue weighted by Gasteiger charge is -2.34. The van der Waals surface area contributed by atoms with Gasteiger partial charge in [0.25, 0.3) is 5.91 Å². The van der Waals surface area contributed by atoms with Gasteiger partial charge in [-0.1, -0.05) is 6.07 Å². The first-order valence-corrected chi connectivity index (χ1v) is 9.02. The molecule has 2 heterocycles. The molecule has 1 amide bonds. The second kappa shape index (κ2) is 8.64. The number of ether oxygens (including phenoxy) is 2. The predicted molar refractivity (Wildman–Crippen MR) is 94.9 cm³/mol. The van der Waals surface area contributed by atoms with Crippen LogP contribution in [0.4, 0.5) is 13.2 Å². The first-order chi connectivity index (χ1) is 13.4. The topological polar surface area (TPSA) is 67.4 Å². The molecule has 6 nitrogen and oxygen atoms in total. The van der Waals surface area contributed by atoms with Crippen LogP contribution in [-0.2, 0) is 17.5 Å². The van der Waals surface area contributed by atoms with E-state index < -0.39 is 11.7 Å². The lowest BCUT2D eigenvalue weighted by molar-refractivity contribution is -0.137. The maximum absolute atomic E-state index is 12.8. The van der Waals surface area contributed by atoms with Gasteiger partial charge in [-0.3, -0.25) is 9.89 Å². The van der Waals surface area contributed by atoms with Crippen LogP contribution in [0, 0.1) is 0 Å². The summed E-state index contributed by atoms with van der Waals surface area (Å²) in [5.74, 6) is -0.100. The van der Waals surface area contributed by atoms with Crippen molar-refractivity contribution in [3.63, 3.8) is 0 Å². The van der Waals surface area contributed by atoms with Crippen LogP contribution in [0.15, 0.2) is 30.3 Å². The van der Waals surface area contributed by atoms with Crippen molar-refractivity contribution in [2.75, 3.05) is 20.3 Å². The highest BCUT2D eigenvalue weighted by Gasteiger charge is 2.31. The van der Waals surface area contributed by atoms with Gasteiger partial charge in [0.1, 0.15) is 12.4 Å². The van der Waals surface area contributed by atoms with E-state index >= 15 is 0 Å². The van der Waals surface area contributed by atoms with Crippen LogP contribution in [0.3, 0.4) is 0 Å². The van der Waals surface area contributed by atoms with Crippen LogP contribution in [0.5, 0.6) is 5.75 Å². The number of rotatable bonds is 6. The Kier molecular flexibility index (Phi) is 6.23. The lowest BCUT2D eigenvalue weighted by Crippen LogP contribution is -2.46. The average Bonchev–Trinajstić information content (AvgIpc) is 3.15. The first-order valence-electron chi connectivity index (χ1n) is 9.02. The maximum Gasteiger partial charge on any atom is 0.416 e. The van der Waals surface area contributed by atoms with E-state index in [0.717, 1.165) is 31.4 Å². The number of likely N-dealkylation sites (tertiary alicyclic amines) is 1. The van der Waals surface area contributed by atoms with Crippen molar-refractivity contribution >= 4 is 5.91 Å². The third-order valence-corrected chi connectivity index (χ3v) is 4.65. The molecule has 0 spiro atoms. The summed E-state index contributed by atoms with van der Waals surface area (Å²) in [5.41, 5.74) is -0.0218. The lowest BCUT2D eigenvalue weighted by atomic mass is 10.0. The van der Waals surface area contributed by atoms with Crippen molar-refractivity contribution in [2.45, 2.75) is 38.1 Å². The van der Waals surface area contributed by atoms with Gasteiger partial charge in [0.15, 0.2) is 5.69 Å². The Morgan fingerprint density at radius 3 is 2.89 bits per heavy atom. The van der Waals surface area contributed by atoms with Crippen LogP contribution in [0.1, 0.15) is 41.0 Å². The van der Waals surface area contributed by atoms with Crippen LogP contribution in [0.2, 0.25) is 0 Å². The molecule has 3 rings (SSSR count). The molecule has 9 heteroatoms. The molecule has 152 valence electrons. The number of methoxy groups -OCH3 is 1. The monoisotopic (exact) mass is 397 g/mol. The number of hydrogen-bond acceptors (Lipinski definition) is 4. The molecular formula is C19H22F3N3O3. The Balaban J connectivity index is 1.63. The molecule has 0 radical (unpaired) electrons. The normalized spacial score (nSPS) is 17.6. The Hall–Kier alpha value is -2.55. The van der Waals surface area contributed by atoms with Gasteiger partial charge in [0.2, 0.25) is 0 Å². The average molecular weight is 397 g/mol. The molecule has 1 saturated heterocycles. The van der Waals surface area contributed by atoms with Crippen molar-refractivity contribution in [2.24, 2.45) is 0 Å². The number of carbonyl (C=O) groups is 1. The van der Waals surface area contributed by atoms with Crippen LogP contribution < -0.4 is 4.74 Å². The number of aromatic nitrogens is 2. The molecule has 1 atom stereocenters. The molecule has 2 aromatic rings. The summed E-state index contributed by atoms with van der Waals surface area (Å²) in [6.45, 7) is 1.10. The molecular weight excluding hydrogens is 375 g/mol. The van der Waals surface area contributed by atoms with Crippen LogP contribution in [-0.4, -0.2) is 47.3 Å². The van der Waals surface area contributed by atoms with Gasteiger partial charge in [0, 0.05) is 13.7 Å². The molecule has 1 aromatic carbocycles. The van der Waals surface area contributed by atoms with Gasteiger partial charge in [-0.05, 0) is 43.5 Å². The summed E-state index contributed by atoms with van der Waals surface area (Å²) >= 11 is 0. The number of amides is 1. The summed E-state index contributed by atoms with van der Waals surface area (Å²) in [7, 11) is 1.61. The quantitative estimate of drug-likeness (QED) is 0.808. The summed E-state index contributed by atoms with van der Waals surface area (Å²) in [6, 6.07) is 6.23. The van der Waals surface area contributed by atoms with E-state index in [0.29, 0.717) is 18.8 Å². The number of benzene rings is 1. The minimum atomic E-state index is -4.43. The molecule has 1 aromatic heterocycles. The summed E-state index contributed by atoms with van der Waals surface area (Å²) in [5, 5.41) is 6.75. The minimum absolute atomic E-state index is 0.0211. The molecule has 0 aliphatic carbocycles. The van der Waals surface area contributed by atoms with E-state index in [1.165, 1.54) is 12.1 Å². The zero-order valence-electron chi connectivity index (χ0n) is 15.5. The second-order valence-corrected chi connectivity index (χ2v) is 6.70. The smallest absolute Gasteiger partial charge is 0.416 e. The van der Waals surface area contributed by atoms with Crippen LogP contribution >= 0.6 is 0 Å². The van der Waals surface area contributed by atoms with Gasteiger partial charge in [-0.15, -0.1) is 0 Å². The number of H-pyrrole nitrogens is 1. The fraction of sp³-hybridized carbons (Fsp3) is 0.474. The van der Waals surface area contributed by atoms with Gasteiger partial charge in [-0.25, -0.2) is 0 Å². The molecule has 1 N–H and O–H groups in total. The van der Waals surface area contributed by atoms with Gasteiger partial charge >= 0.3 is 6.18 Å². The fourth-order valence-corrected chi connectivity index (χ4v) is 3.25. The van der Waals surface area contributed by atoms with Crippen molar-refractivity contribution in [3.05, 3.63) is 47.3 Å². The largest absolute Gasteiger partial charge is 0.487 e. The fourth-order valence-electron chi connectivity index (χ4n) is 3.25. The standard InChI is InChI=1S/C19H22F3N3O3/c1-27-12-15-6-2-3-8-25(15)18(26)17-10-14(23-24-17)11-28-16-7-4-5-13(9-16)19(20,21)22/h4-5,7,9-10,15H,2-3,6,8,11-12H2,1H3,(H,23,24). The van der Waals surface area contributed by atoms with E-state index in [1.54, 1.807) is 18.1 Å². The number of halogens is 3.